The Bertz CT molecular complexity index is 691. The van der Waals surface area contributed by atoms with Crippen molar-refractivity contribution in [2.75, 3.05) is 5.73 Å². The van der Waals surface area contributed by atoms with Crippen LogP contribution in [-0.2, 0) is 13.1 Å². The summed E-state index contributed by atoms with van der Waals surface area (Å²) in [5.41, 5.74) is 11.9. The first-order valence-electron chi connectivity index (χ1n) is 6.78. The van der Waals surface area contributed by atoms with Crippen LogP contribution >= 0.6 is 0 Å². The van der Waals surface area contributed by atoms with Crippen molar-refractivity contribution in [3.05, 3.63) is 64.2 Å². The molecule has 3 heteroatoms. The third kappa shape index (κ3) is 2.16. The minimum Gasteiger partial charge on any atom is -0.399 e. The molecule has 0 radical (unpaired) electrons. The number of nitrogens with two attached hydrogens (primary N) is 1. The first-order valence-corrected chi connectivity index (χ1v) is 6.78. The van der Waals surface area contributed by atoms with E-state index in [2.05, 4.69) is 6.07 Å². The first-order chi connectivity index (χ1) is 9.54. The third-order valence-electron chi connectivity index (χ3n) is 3.85. The highest BCUT2D eigenvalue weighted by atomic mass is 16.2. The van der Waals surface area contributed by atoms with Crippen molar-refractivity contribution in [3.63, 3.8) is 0 Å². The van der Waals surface area contributed by atoms with Crippen molar-refractivity contribution in [2.45, 2.75) is 26.9 Å². The molecule has 0 atom stereocenters. The summed E-state index contributed by atoms with van der Waals surface area (Å²) in [5, 5.41) is 0. The van der Waals surface area contributed by atoms with E-state index in [0.29, 0.717) is 13.1 Å². The van der Waals surface area contributed by atoms with Gasteiger partial charge in [0, 0.05) is 24.3 Å². The lowest BCUT2D eigenvalue weighted by molar-refractivity contribution is 0.0750. The van der Waals surface area contributed by atoms with Crippen molar-refractivity contribution in [2.24, 2.45) is 0 Å². The number of carbonyl (C=O) groups excluding carboxylic acids is 1. The van der Waals surface area contributed by atoms with Crippen LogP contribution in [0.25, 0.3) is 0 Å². The molecule has 3 nitrogen and oxygen atoms in total. The molecular formula is C17H18N2O. The third-order valence-corrected chi connectivity index (χ3v) is 3.85. The monoisotopic (exact) mass is 266 g/mol. The van der Waals surface area contributed by atoms with Gasteiger partial charge in [0.15, 0.2) is 0 Å². The van der Waals surface area contributed by atoms with Crippen LogP contribution in [0, 0.1) is 13.8 Å². The molecule has 102 valence electrons. The Balaban J connectivity index is 1.87. The van der Waals surface area contributed by atoms with Gasteiger partial charge < -0.3 is 10.6 Å². The Morgan fingerprint density at radius 3 is 2.55 bits per heavy atom. The van der Waals surface area contributed by atoms with Gasteiger partial charge >= 0.3 is 0 Å². The molecule has 3 rings (SSSR count). The second-order valence-corrected chi connectivity index (χ2v) is 5.51. The zero-order valence-electron chi connectivity index (χ0n) is 11.8. The van der Waals surface area contributed by atoms with E-state index in [0.717, 1.165) is 22.4 Å². The molecule has 2 aromatic rings. The second kappa shape index (κ2) is 4.67. The van der Waals surface area contributed by atoms with Gasteiger partial charge in [-0.15, -0.1) is 0 Å². The van der Waals surface area contributed by atoms with E-state index in [1.807, 2.05) is 49.1 Å². The molecule has 0 spiro atoms. The highest BCUT2D eigenvalue weighted by Crippen LogP contribution is 2.26. The van der Waals surface area contributed by atoms with Crippen molar-refractivity contribution >= 4 is 11.6 Å². The SMILES string of the molecule is Cc1ccc(C(=O)N2Cc3ccc(N)cc3C2)c(C)c1. The fourth-order valence-electron chi connectivity index (χ4n) is 2.78. The number of amides is 1. The Morgan fingerprint density at radius 1 is 1.05 bits per heavy atom. The maximum Gasteiger partial charge on any atom is 0.254 e. The van der Waals surface area contributed by atoms with Crippen LogP contribution in [0.1, 0.15) is 32.6 Å². The van der Waals surface area contributed by atoms with E-state index < -0.39 is 0 Å². The van der Waals surface area contributed by atoms with Crippen molar-refractivity contribution < 1.29 is 4.79 Å². The number of nitrogens with zero attached hydrogens (tertiary/aromatic N) is 1. The number of aryl methyl sites for hydroxylation is 2. The Hall–Kier alpha value is -2.29. The molecule has 0 fully saturated rings. The molecule has 0 bridgehead atoms. The molecule has 0 aliphatic carbocycles. The number of hydrogen-bond donors (Lipinski definition) is 1. The van der Waals surface area contributed by atoms with E-state index in [4.69, 9.17) is 5.73 Å². The average molecular weight is 266 g/mol. The molecule has 1 aliphatic heterocycles. The van der Waals surface area contributed by atoms with Crippen molar-refractivity contribution in [1.29, 1.82) is 0 Å². The van der Waals surface area contributed by atoms with Crippen LogP contribution in [-0.4, -0.2) is 10.8 Å². The fourth-order valence-corrected chi connectivity index (χ4v) is 2.78. The standard InChI is InChI=1S/C17H18N2O/c1-11-3-6-16(12(2)7-11)17(20)19-9-13-4-5-15(18)8-14(13)10-19/h3-8H,9-10,18H2,1-2H3. The second-order valence-electron chi connectivity index (χ2n) is 5.51. The smallest absolute Gasteiger partial charge is 0.254 e. The predicted molar refractivity (Wildman–Crippen MR) is 80.3 cm³/mol. The molecule has 20 heavy (non-hydrogen) atoms. The van der Waals surface area contributed by atoms with Gasteiger partial charge in [0.05, 0.1) is 0 Å². The summed E-state index contributed by atoms with van der Waals surface area (Å²) < 4.78 is 0. The molecule has 0 unspecified atom stereocenters. The molecule has 1 aliphatic rings. The van der Waals surface area contributed by atoms with Crippen LogP contribution in [0.3, 0.4) is 0 Å². The number of hydrogen-bond acceptors (Lipinski definition) is 2. The minimum absolute atomic E-state index is 0.0947. The number of rotatable bonds is 1. The maximum absolute atomic E-state index is 12.6. The van der Waals surface area contributed by atoms with Crippen molar-refractivity contribution in [3.8, 4) is 0 Å². The van der Waals surface area contributed by atoms with E-state index in [9.17, 15) is 4.79 Å². The molecule has 0 saturated heterocycles. The van der Waals surface area contributed by atoms with E-state index in [1.54, 1.807) is 0 Å². The lowest BCUT2D eigenvalue weighted by Crippen LogP contribution is -2.26. The summed E-state index contributed by atoms with van der Waals surface area (Å²) in [6.45, 7) is 5.34. The number of anilines is 1. The van der Waals surface area contributed by atoms with Crippen LogP contribution < -0.4 is 5.73 Å². The van der Waals surface area contributed by atoms with Gasteiger partial charge in [-0.05, 0) is 48.7 Å². The largest absolute Gasteiger partial charge is 0.399 e. The average Bonchev–Trinajstić information content (AvgIpc) is 2.81. The fraction of sp³-hybridized carbons (Fsp3) is 0.235. The van der Waals surface area contributed by atoms with Crippen molar-refractivity contribution in [1.82, 2.24) is 4.90 Å². The summed E-state index contributed by atoms with van der Waals surface area (Å²) in [4.78, 5) is 14.5. The van der Waals surface area contributed by atoms with Crippen LogP contribution in [0.5, 0.6) is 0 Å². The quantitative estimate of drug-likeness (QED) is 0.806. The van der Waals surface area contributed by atoms with Gasteiger partial charge in [-0.25, -0.2) is 0 Å². The maximum atomic E-state index is 12.6. The number of carbonyl (C=O) groups is 1. The number of fused-ring (bicyclic) bond motifs is 1. The lowest BCUT2D eigenvalue weighted by atomic mass is 10.0. The highest BCUT2D eigenvalue weighted by Gasteiger charge is 2.25. The summed E-state index contributed by atoms with van der Waals surface area (Å²) in [7, 11) is 0. The molecule has 0 aromatic heterocycles. The summed E-state index contributed by atoms with van der Waals surface area (Å²) in [6.07, 6.45) is 0. The Kier molecular flexibility index (Phi) is 2.97. The molecule has 2 N–H and O–H groups in total. The summed E-state index contributed by atoms with van der Waals surface area (Å²) in [5.74, 6) is 0.0947. The lowest BCUT2D eigenvalue weighted by Gasteiger charge is -2.17. The number of benzene rings is 2. The van der Waals surface area contributed by atoms with Gasteiger partial charge in [0.2, 0.25) is 0 Å². The molecular weight excluding hydrogens is 248 g/mol. The first kappa shape index (κ1) is 12.7. The normalized spacial score (nSPS) is 13.4. The minimum atomic E-state index is 0.0947. The topological polar surface area (TPSA) is 46.3 Å². The van der Waals surface area contributed by atoms with Crippen LogP contribution in [0.15, 0.2) is 36.4 Å². The highest BCUT2D eigenvalue weighted by molar-refractivity contribution is 5.96. The molecule has 0 saturated carbocycles. The van der Waals surface area contributed by atoms with E-state index >= 15 is 0 Å². The summed E-state index contributed by atoms with van der Waals surface area (Å²) in [6, 6.07) is 11.8. The van der Waals surface area contributed by atoms with E-state index in [-0.39, 0.29) is 5.91 Å². The van der Waals surface area contributed by atoms with Crippen LogP contribution in [0.4, 0.5) is 5.69 Å². The van der Waals surface area contributed by atoms with Gasteiger partial charge in [-0.3, -0.25) is 4.79 Å². The molecule has 1 heterocycles. The zero-order chi connectivity index (χ0) is 14.3. The van der Waals surface area contributed by atoms with Gasteiger partial charge in [0.1, 0.15) is 0 Å². The molecule has 1 amide bonds. The predicted octanol–water partition coefficient (Wildman–Crippen LogP) is 3.04. The van der Waals surface area contributed by atoms with Crippen LogP contribution in [0.2, 0.25) is 0 Å². The zero-order valence-corrected chi connectivity index (χ0v) is 11.8. The van der Waals surface area contributed by atoms with Gasteiger partial charge in [-0.2, -0.15) is 0 Å². The number of nitrogen functional groups attached to an aromatic ring is 1. The Morgan fingerprint density at radius 2 is 1.80 bits per heavy atom. The van der Waals surface area contributed by atoms with E-state index in [1.165, 1.54) is 11.1 Å². The summed E-state index contributed by atoms with van der Waals surface area (Å²) >= 11 is 0. The van der Waals surface area contributed by atoms with Gasteiger partial charge in [0.25, 0.3) is 5.91 Å². The van der Waals surface area contributed by atoms with Gasteiger partial charge in [-0.1, -0.05) is 23.8 Å². The molecule has 2 aromatic carbocycles. The Labute approximate surface area is 119 Å².